The van der Waals surface area contributed by atoms with E-state index in [4.69, 9.17) is 15.2 Å². The summed E-state index contributed by atoms with van der Waals surface area (Å²) in [6.07, 6.45) is 5.68. The second kappa shape index (κ2) is 8.61. The molecular weight excluding hydrogens is 338 g/mol. The van der Waals surface area contributed by atoms with Gasteiger partial charge in [-0.25, -0.2) is 4.98 Å². The molecule has 1 saturated heterocycles. The number of nitrogens with one attached hydrogen (secondary N) is 2. The highest BCUT2D eigenvalue weighted by Crippen LogP contribution is 2.24. The molecular formula is C17H27N5O4. The number of hydrogen-bond donors (Lipinski definition) is 4. The van der Waals surface area contributed by atoms with Crippen molar-refractivity contribution in [2.75, 3.05) is 31.0 Å². The average molecular weight is 365 g/mol. The van der Waals surface area contributed by atoms with Gasteiger partial charge in [-0.3, -0.25) is 4.79 Å². The summed E-state index contributed by atoms with van der Waals surface area (Å²) in [5, 5.41) is 16.2. The Morgan fingerprint density at radius 1 is 1.27 bits per heavy atom. The molecule has 2 atom stereocenters. The number of methoxy groups -OCH3 is 1. The van der Waals surface area contributed by atoms with Crippen LogP contribution in [0, 0.1) is 0 Å². The lowest BCUT2D eigenvalue weighted by Crippen LogP contribution is -2.38. The van der Waals surface area contributed by atoms with Gasteiger partial charge in [-0.1, -0.05) is 0 Å². The lowest BCUT2D eigenvalue weighted by Gasteiger charge is -2.29. The number of aliphatic hydroxyl groups is 1. The van der Waals surface area contributed by atoms with Crippen LogP contribution in [0.3, 0.4) is 0 Å². The molecule has 5 N–H and O–H groups in total. The molecule has 1 saturated carbocycles. The second-order valence-corrected chi connectivity index (χ2v) is 6.94. The minimum Gasteiger partial charge on any atom is -0.391 e. The second-order valence-electron chi connectivity index (χ2n) is 6.94. The van der Waals surface area contributed by atoms with E-state index in [1.807, 2.05) is 0 Å². The first-order valence-corrected chi connectivity index (χ1v) is 9.03. The van der Waals surface area contributed by atoms with Gasteiger partial charge in [0.15, 0.2) is 0 Å². The summed E-state index contributed by atoms with van der Waals surface area (Å²) in [6, 6.07) is 0.130. The Hall–Kier alpha value is -1.97. The number of aliphatic hydroxyl groups excluding tert-OH is 1. The van der Waals surface area contributed by atoms with E-state index in [1.165, 1.54) is 6.20 Å². The van der Waals surface area contributed by atoms with Crippen LogP contribution in [0.4, 0.5) is 11.8 Å². The zero-order chi connectivity index (χ0) is 18.5. The first kappa shape index (κ1) is 18.8. The molecule has 0 spiro atoms. The van der Waals surface area contributed by atoms with Crippen molar-refractivity contribution in [1.82, 2.24) is 9.97 Å². The van der Waals surface area contributed by atoms with Gasteiger partial charge >= 0.3 is 0 Å². The summed E-state index contributed by atoms with van der Waals surface area (Å²) in [7, 11) is 1.74. The predicted molar refractivity (Wildman–Crippen MR) is 96.1 cm³/mol. The first-order chi connectivity index (χ1) is 12.5. The number of anilines is 2. The van der Waals surface area contributed by atoms with Crippen molar-refractivity contribution in [1.29, 1.82) is 0 Å². The summed E-state index contributed by atoms with van der Waals surface area (Å²) in [6.45, 7) is 0.755. The van der Waals surface area contributed by atoms with Gasteiger partial charge in [0.25, 0.3) is 5.91 Å². The molecule has 1 aromatic rings. The Morgan fingerprint density at radius 3 is 2.69 bits per heavy atom. The van der Waals surface area contributed by atoms with Crippen LogP contribution in [-0.2, 0) is 9.47 Å². The van der Waals surface area contributed by atoms with Crippen LogP contribution in [0.5, 0.6) is 0 Å². The van der Waals surface area contributed by atoms with Crippen LogP contribution in [0.1, 0.15) is 42.5 Å². The van der Waals surface area contributed by atoms with Gasteiger partial charge in [-0.05, 0) is 32.1 Å². The molecule has 0 unspecified atom stereocenters. The maximum atomic E-state index is 11.7. The number of aromatic nitrogens is 2. The lowest BCUT2D eigenvalue weighted by atomic mass is 9.93. The van der Waals surface area contributed by atoms with Gasteiger partial charge in [-0.2, -0.15) is 4.98 Å². The molecule has 26 heavy (non-hydrogen) atoms. The third-order valence-corrected chi connectivity index (χ3v) is 4.92. The van der Waals surface area contributed by atoms with Gasteiger partial charge in [0.2, 0.25) is 5.95 Å². The van der Waals surface area contributed by atoms with Crippen molar-refractivity contribution in [3.63, 3.8) is 0 Å². The molecule has 1 aromatic heterocycles. The van der Waals surface area contributed by atoms with Crippen molar-refractivity contribution < 1.29 is 19.4 Å². The highest BCUT2D eigenvalue weighted by molar-refractivity contribution is 5.97. The van der Waals surface area contributed by atoms with E-state index in [9.17, 15) is 9.90 Å². The van der Waals surface area contributed by atoms with E-state index in [1.54, 1.807) is 7.11 Å². The molecule has 1 aliphatic heterocycles. The molecule has 144 valence electrons. The summed E-state index contributed by atoms with van der Waals surface area (Å²) in [5.41, 5.74) is 5.66. The first-order valence-electron chi connectivity index (χ1n) is 9.03. The minimum absolute atomic E-state index is 0.142. The van der Waals surface area contributed by atoms with Gasteiger partial charge in [0, 0.05) is 19.3 Å². The van der Waals surface area contributed by atoms with Crippen molar-refractivity contribution in [3.8, 4) is 0 Å². The van der Waals surface area contributed by atoms with E-state index in [0.717, 1.165) is 25.7 Å². The quantitative estimate of drug-likeness (QED) is 0.573. The van der Waals surface area contributed by atoms with Crippen molar-refractivity contribution in [2.45, 2.75) is 56.4 Å². The monoisotopic (exact) mass is 365 g/mol. The lowest BCUT2D eigenvalue weighted by molar-refractivity contribution is -0.0117. The van der Waals surface area contributed by atoms with E-state index >= 15 is 0 Å². The fourth-order valence-electron chi connectivity index (χ4n) is 3.47. The summed E-state index contributed by atoms with van der Waals surface area (Å²) in [5.74, 6) is 0.218. The Labute approximate surface area is 152 Å². The molecule has 9 nitrogen and oxygen atoms in total. The zero-order valence-corrected chi connectivity index (χ0v) is 15.0. The molecule has 9 heteroatoms. The number of rotatable bonds is 6. The SMILES string of the molecule is COC1CCC(Nc2ncc(C(N)=O)c(N[C@H]3COC[C@@H](O)C3)n2)CC1. The summed E-state index contributed by atoms with van der Waals surface area (Å²) < 4.78 is 10.7. The largest absolute Gasteiger partial charge is 0.391 e. The minimum atomic E-state index is -0.600. The number of hydrogen-bond acceptors (Lipinski definition) is 8. The topological polar surface area (TPSA) is 132 Å². The third-order valence-electron chi connectivity index (χ3n) is 4.92. The molecule has 0 radical (unpaired) electrons. The molecule has 2 heterocycles. The third kappa shape index (κ3) is 4.80. The predicted octanol–water partition coefficient (Wildman–Crippen LogP) is 0.507. The smallest absolute Gasteiger partial charge is 0.254 e. The summed E-state index contributed by atoms with van der Waals surface area (Å²) in [4.78, 5) is 20.4. The maximum Gasteiger partial charge on any atom is 0.254 e. The number of nitrogens with two attached hydrogens (primary N) is 1. The number of carbonyl (C=O) groups excluding carboxylic acids is 1. The molecule has 1 amide bonds. The van der Waals surface area contributed by atoms with Gasteiger partial charge in [-0.15, -0.1) is 0 Å². The van der Waals surface area contributed by atoms with Gasteiger partial charge in [0.05, 0.1) is 37.0 Å². The molecule has 0 bridgehead atoms. The number of ether oxygens (including phenoxy) is 2. The fourth-order valence-corrected chi connectivity index (χ4v) is 3.47. The van der Waals surface area contributed by atoms with Crippen LogP contribution in [-0.4, -0.2) is 65.6 Å². The maximum absolute atomic E-state index is 11.7. The van der Waals surface area contributed by atoms with Gasteiger partial charge < -0.3 is 30.9 Å². The molecule has 2 aliphatic rings. The van der Waals surface area contributed by atoms with Crippen molar-refractivity contribution in [3.05, 3.63) is 11.8 Å². The van der Waals surface area contributed by atoms with Crippen LogP contribution in [0.15, 0.2) is 6.20 Å². The number of carbonyl (C=O) groups is 1. The standard InChI is InChI=1S/C17H27N5O4/c1-25-13-4-2-10(3-5-13)21-17-19-7-14(15(18)24)16(22-17)20-11-6-12(23)9-26-8-11/h7,10-13,23H,2-6,8-9H2,1H3,(H2,18,24)(H2,19,20,21,22)/t10?,11-,12+,13?/m1/s1. The molecule has 3 rings (SSSR count). The van der Waals surface area contributed by atoms with E-state index in [0.29, 0.717) is 37.5 Å². The molecule has 1 aliphatic carbocycles. The highest BCUT2D eigenvalue weighted by Gasteiger charge is 2.24. The van der Waals surface area contributed by atoms with E-state index in [2.05, 4.69) is 20.6 Å². The van der Waals surface area contributed by atoms with Crippen LogP contribution in [0.25, 0.3) is 0 Å². The summed E-state index contributed by atoms with van der Waals surface area (Å²) >= 11 is 0. The Balaban J connectivity index is 1.68. The molecule has 0 aromatic carbocycles. The Morgan fingerprint density at radius 2 is 2.04 bits per heavy atom. The number of primary amides is 1. The van der Waals surface area contributed by atoms with Gasteiger partial charge in [0.1, 0.15) is 5.82 Å². The van der Waals surface area contributed by atoms with E-state index < -0.39 is 12.0 Å². The number of amides is 1. The Kier molecular flexibility index (Phi) is 6.23. The molecule has 2 fully saturated rings. The zero-order valence-electron chi connectivity index (χ0n) is 15.0. The highest BCUT2D eigenvalue weighted by atomic mass is 16.5. The normalized spacial score (nSPS) is 29.2. The van der Waals surface area contributed by atoms with Crippen LogP contribution in [0.2, 0.25) is 0 Å². The van der Waals surface area contributed by atoms with Crippen molar-refractivity contribution >= 4 is 17.7 Å². The average Bonchev–Trinajstić information content (AvgIpc) is 2.62. The van der Waals surface area contributed by atoms with E-state index in [-0.39, 0.29) is 17.6 Å². The fraction of sp³-hybridized carbons (Fsp3) is 0.706. The van der Waals surface area contributed by atoms with Crippen LogP contribution < -0.4 is 16.4 Å². The Bertz CT molecular complexity index is 621. The number of nitrogens with zero attached hydrogens (tertiary/aromatic N) is 2. The van der Waals surface area contributed by atoms with Crippen molar-refractivity contribution in [2.24, 2.45) is 5.73 Å². The van der Waals surface area contributed by atoms with Crippen LogP contribution >= 0.6 is 0 Å².